The first-order valence-electron chi connectivity index (χ1n) is 7.70. The third-order valence-electron chi connectivity index (χ3n) is 5.02. The molecule has 1 atom stereocenters. The van der Waals surface area contributed by atoms with Crippen LogP contribution in [0.4, 0.5) is 0 Å². The highest BCUT2D eigenvalue weighted by Gasteiger charge is 2.37. The fraction of sp³-hybridized carbons (Fsp3) is 0.667. The Bertz CT molecular complexity index is 481. The van der Waals surface area contributed by atoms with E-state index in [-0.39, 0.29) is 0 Å². The summed E-state index contributed by atoms with van der Waals surface area (Å²) in [7, 11) is 0. The Hall–Kier alpha value is -0.820. The van der Waals surface area contributed by atoms with Gasteiger partial charge in [-0.05, 0) is 59.8 Å². The van der Waals surface area contributed by atoms with Gasteiger partial charge in [0.25, 0.3) is 0 Å². The molecule has 1 heteroatoms. The fourth-order valence-corrected chi connectivity index (χ4v) is 3.44. The molecule has 0 fully saturated rings. The zero-order valence-corrected chi connectivity index (χ0v) is 13.6. The van der Waals surface area contributed by atoms with Gasteiger partial charge < -0.3 is 5.73 Å². The SMILES string of the molecule is CCc1cc2c(cc1[C@H](C)[NH3+])C(C)(C)CCC2(C)C. The molecule has 1 aliphatic carbocycles. The molecule has 0 heterocycles. The van der Waals surface area contributed by atoms with Gasteiger partial charge in [-0.25, -0.2) is 0 Å². The first-order chi connectivity index (χ1) is 8.69. The van der Waals surface area contributed by atoms with Gasteiger partial charge in [-0.3, -0.25) is 0 Å². The van der Waals surface area contributed by atoms with Gasteiger partial charge in [0.1, 0.15) is 6.04 Å². The van der Waals surface area contributed by atoms with Gasteiger partial charge in [0.15, 0.2) is 0 Å². The average molecular weight is 260 g/mol. The van der Waals surface area contributed by atoms with Gasteiger partial charge in [-0.15, -0.1) is 0 Å². The Morgan fingerprint density at radius 2 is 1.53 bits per heavy atom. The zero-order chi connectivity index (χ0) is 14.4. The van der Waals surface area contributed by atoms with E-state index >= 15 is 0 Å². The first kappa shape index (κ1) is 14.6. The number of aryl methyl sites for hydroxylation is 1. The minimum Gasteiger partial charge on any atom is -0.352 e. The Balaban J connectivity index is 2.70. The van der Waals surface area contributed by atoms with E-state index in [1.165, 1.54) is 24.0 Å². The highest BCUT2D eigenvalue weighted by Crippen LogP contribution is 2.46. The van der Waals surface area contributed by atoms with E-state index in [9.17, 15) is 0 Å². The van der Waals surface area contributed by atoms with Gasteiger partial charge in [-0.1, -0.05) is 40.7 Å². The summed E-state index contributed by atoms with van der Waals surface area (Å²) >= 11 is 0. The lowest BCUT2D eigenvalue weighted by molar-refractivity contribution is -0.420. The van der Waals surface area contributed by atoms with Crippen molar-refractivity contribution in [1.29, 1.82) is 0 Å². The molecule has 0 saturated heterocycles. The molecule has 1 aliphatic rings. The third kappa shape index (κ3) is 2.45. The van der Waals surface area contributed by atoms with Crippen molar-refractivity contribution in [3.05, 3.63) is 34.4 Å². The van der Waals surface area contributed by atoms with Crippen molar-refractivity contribution in [3.63, 3.8) is 0 Å². The highest BCUT2D eigenvalue weighted by molar-refractivity contribution is 5.47. The number of benzene rings is 1. The average Bonchev–Trinajstić information content (AvgIpc) is 2.33. The summed E-state index contributed by atoms with van der Waals surface area (Å²) in [6.07, 6.45) is 3.68. The first-order valence-corrected chi connectivity index (χ1v) is 7.70. The van der Waals surface area contributed by atoms with Crippen LogP contribution >= 0.6 is 0 Å². The second kappa shape index (κ2) is 4.63. The number of hydrogen-bond donors (Lipinski definition) is 1. The molecule has 0 saturated carbocycles. The summed E-state index contributed by atoms with van der Waals surface area (Å²) in [6, 6.07) is 5.32. The Morgan fingerprint density at radius 3 is 1.95 bits per heavy atom. The molecule has 0 unspecified atom stereocenters. The summed E-state index contributed by atoms with van der Waals surface area (Å²) in [5, 5.41) is 0. The van der Waals surface area contributed by atoms with Crippen LogP contribution in [0.2, 0.25) is 0 Å². The highest BCUT2D eigenvalue weighted by atomic mass is 14.6. The van der Waals surface area contributed by atoms with Crippen molar-refractivity contribution in [2.75, 3.05) is 0 Å². The van der Waals surface area contributed by atoms with Gasteiger partial charge >= 0.3 is 0 Å². The van der Waals surface area contributed by atoms with E-state index in [0.29, 0.717) is 16.9 Å². The molecule has 19 heavy (non-hydrogen) atoms. The lowest BCUT2D eigenvalue weighted by atomic mass is 9.62. The van der Waals surface area contributed by atoms with Crippen molar-refractivity contribution >= 4 is 0 Å². The second-order valence-electron chi connectivity index (χ2n) is 7.62. The van der Waals surface area contributed by atoms with Gasteiger partial charge in [-0.2, -0.15) is 0 Å². The molecule has 0 radical (unpaired) electrons. The maximum atomic E-state index is 4.25. The van der Waals surface area contributed by atoms with Crippen molar-refractivity contribution in [2.45, 2.75) is 77.7 Å². The van der Waals surface area contributed by atoms with E-state index in [4.69, 9.17) is 0 Å². The monoisotopic (exact) mass is 260 g/mol. The molecule has 0 amide bonds. The van der Waals surface area contributed by atoms with Crippen LogP contribution in [0.1, 0.15) is 82.7 Å². The van der Waals surface area contributed by atoms with E-state index in [1.807, 2.05) is 0 Å². The van der Waals surface area contributed by atoms with E-state index in [1.54, 1.807) is 11.1 Å². The predicted molar refractivity (Wildman–Crippen MR) is 82.4 cm³/mol. The smallest absolute Gasteiger partial charge is 0.107 e. The molecule has 0 aliphatic heterocycles. The number of hydrogen-bond acceptors (Lipinski definition) is 0. The molecule has 1 nitrogen and oxygen atoms in total. The Morgan fingerprint density at radius 1 is 1.05 bits per heavy atom. The van der Waals surface area contributed by atoms with Crippen LogP contribution < -0.4 is 5.73 Å². The molecule has 0 aromatic heterocycles. The van der Waals surface area contributed by atoms with Crippen molar-refractivity contribution in [2.24, 2.45) is 0 Å². The standard InChI is InChI=1S/C18H29N/c1-7-13-10-15-16(11-14(13)12(2)19)18(5,6)9-8-17(15,3)4/h10-12H,7-9,19H2,1-6H3/p+1/t12-/m0/s1. The molecule has 0 bridgehead atoms. The number of fused-ring (bicyclic) bond motifs is 1. The van der Waals surface area contributed by atoms with Crippen LogP contribution in [0, 0.1) is 0 Å². The summed E-state index contributed by atoms with van der Waals surface area (Å²) in [6.45, 7) is 14.0. The lowest BCUT2D eigenvalue weighted by Crippen LogP contribution is -2.52. The van der Waals surface area contributed by atoms with Gasteiger partial charge in [0.2, 0.25) is 0 Å². The van der Waals surface area contributed by atoms with E-state index in [0.717, 1.165) is 6.42 Å². The number of quaternary nitrogens is 1. The molecular weight excluding hydrogens is 230 g/mol. The van der Waals surface area contributed by atoms with Crippen molar-refractivity contribution in [1.82, 2.24) is 0 Å². The van der Waals surface area contributed by atoms with Crippen LogP contribution in [0.25, 0.3) is 0 Å². The summed E-state index contributed by atoms with van der Waals surface area (Å²) in [4.78, 5) is 0. The predicted octanol–water partition coefficient (Wildman–Crippen LogP) is 3.90. The minimum atomic E-state index is 0.306. The second-order valence-corrected chi connectivity index (χ2v) is 7.62. The summed E-state index contributed by atoms with van der Waals surface area (Å²) in [5.74, 6) is 0. The largest absolute Gasteiger partial charge is 0.352 e. The van der Waals surface area contributed by atoms with Crippen molar-refractivity contribution in [3.8, 4) is 0 Å². The molecule has 3 N–H and O–H groups in total. The van der Waals surface area contributed by atoms with Crippen LogP contribution in [-0.4, -0.2) is 0 Å². The molecule has 2 rings (SSSR count). The van der Waals surface area contributed by atoms with Gasteiger partial charge in [0.05, 0.1) is 0 Å². The molecule has 1 aromatic rings. The van der Waals surface area contributed by atoms with Crippen molar-refractivity contribution < 1.29 is 5.73 Å². The van der Waals surface area contributed by atoms with Crippen LogP contribution in [0.15, 0.2) is 12.1 Å². The number of rotatable bonds is 2. The minimum absolute atomic E-state index is 0.306. The Kier molecular flexibility index (Phi) is 3.55. The van der Waals surface area contributed by atoms with Gasteiger partial charge in [0, 0.05) is 5.56 Å². The topological polar surface area (TPSA) is 27.6 Å². The lowest BCUT2D eigenvalue weighted by Gasteiger charge is -2.42. The van der Waals surface area contributed by atoms with E-state index < -0.39 is 0 Å². The van der Waals surface area contributed by atoms with Crippen LogP contribution in [0.3, 0.4) is 0 Å². The normalized spacial score (nSPS) is 21.8. The van der Waals surface area contributed by atoms with Crippen LogP contribution in [-0.2, 0) is 17.3 Å². The molecule has 1 aromatic carbocycles. The quantitative estimate of drug-likeness (QED) is 0.835. The Labute approximate surface area is 118 Å². The molecule has 106 valence electrons. The molecule has 0 spiro atoms. The maximum Gasteiger partial charge on any atom is 0.107 e. The summed E-state index contributed by atoms with van der Waals surface area (Å²) in [5.41, 5.74) is 11.0. The zero-order valence-electron chi connectivity index (χ0n) is 13.6. The summed E-state index contributed by atoms with van der Waals surface area (Å²) < 4.78 is 0. The van der Waals surface area contributed by atoms with Crippen LogP contribution in [0.5, 0.6) is 0 Å². The van der Waals surface area contributed by atoms with E-state index in [2.05, 4.69) is 59.4 Å². The fourth-order valence-electron chi connectivity index (χ4n) is 3.44. The maximum absolute atomic E-state index is 4.25. The third-order valence-corrected chi connectivity index (χ3v) is 5.02. The molecular formula is C18H30N+.